The van der Waals surface area contributed by atoms with Crippen LogP contribution in [0.3, 0.4) is 0 Å². The predicted molar refractivity (Wildman–Crippen MR) is 70.5 cm³/mol. The monoisotopic (exact) mass is 255 g/mol. The smallest absolute Gasteiger partial charge is 0.222 e. The van der Waals surface area contributed by atoms with E-state index in [1.165, 1.54) is 0 Å². The average molecular weight is 255 g/mol. The van der Waals surface area contributed by atoms with Gasteiger partial charge in [0, 0.05) is 39.1 Å². The third kappa shape index (κ3) is 4.23. The first-order valence-corrected chi connectivity index (χ1v) is 7.04. The number of hydrogen-bond donors (Lipinski definition) is 1. The SMILES string of the molecule is CN1CCOC(CNCCCN2CCCC2=O)C1. The molecule has 1 amide bonds. The van der Waals surface area contributed by atoms with Gasteiger partial charge in [-0.25, -0.2) is 0 Å². The predicted octanol–water partition coefficient (Wildman–Crippen LogP) is -0.0809. The summed E-state index contributed by atoms with van der Waals surface area (Å²) in [6, 6.07) is 0. The summed E-state index contributed by atoms with van der Waals surface area (Å²) in [5, 5.41) is 3.42. The summed E-state index contributed by atoms with van der Waals surface area (Å²) in [6.45, 7) is 6.62. The van der Waals surface area contributed by atoms with E-state index in [0.29, 0.717) is 12.0 Å². The van der Waals surface area contributed by atoms with Crippen LogP contribution in [-0.2, 0) is 9.53 Å². The van der Waals surface area contributed by atoms with Gasteiger partial charge in [0.2, 0.25) is 5.91 Å². The Labute approximate surface area is 109 Å². The number of ether oxygens (including phenoxy) is 1. The number of carbonyl (C=O) groups is 1. The molecule has 0 saturated carbocycles. The summed E-state index contributed by atoms with van der Waals surface area (Å²) in [5.74, 6) is 0.326. The highest BCUT2D eigenvalue weighted by Gasteiger charge is 2.19. The van der Waals surface area contributed by atoms with Crippen LogP contribution in [0.15, 0.2) is 0 Å². The molecule has 2 saturated heterocycles. The van der Waals surface area contributed by atoms with Gasteiger partial charge >= 0.3 is 0 Å². The summed E-state index contributed by atoms with van der Waals surface area (Å²) in [4.78, 5) is 15.7. The van der Waals surface area contributed by atoms with Crippen molar-refractivity contribution < 1.29 is 9.53 Å². The van der Waals surface area contributed by atoms with E-state index in [1.807, 2.05) is 4.90 Å². The second-order valence-corrected chi connectivity index (χ2v) is 5.30. The Balaban J connectivity index is 1.49. The minimum Gasteiger partial charge on any atom is -0.374 e. The molecule has 1 unspecified atom stereocenters. The molecule has 2 fully saturated rings. The Kier molecular flexibility index (Phi) is 5.41. The summed E-state index contributed by atoms with van der Waals surface area (Å²) in [6.07, 6.45) is 3.13. The highest BCUT2D eigenvalue weighted by Crippen LogP contribution is 2.09. The van der Waals surface area contributed by atoms with Gasteiger partial charge in [-0.15, -0.1) is 0 Å². The van der Waals surface area contributed by atoms with E-state index in [9.17, 15) is 4.79 Å². The van der Waals surface area contributed by atoms with Crippen LogP contribution in [0.5, 0.6) is 0 Å². The molecule has 0 radical (unpaired) electrons. The second kappa shape index (κ2) is 7.07. The van der Waals surface area contributed by atoms with Crippen LogP contribution in [0.1, 0.15) is 19.3 Å². The fourth-order valence-electron chi connectivity index (χ4n) is 2.59. The standard InChI is InChI=1S/C13H25N3O2/c1-15-8-9-18-12(11-15)10-14-5-3-7-16-6-2-4-13(16)17/h12,14H,2-11H2,1H3. The maximum Gasteiger partial charge on any atom is 0.222 e. The van der Waals surface area contributed by atoms with Crippen molar-refractivity contribution in [2.75, 3.05) is 52.9 Å². The van der Waals surface area contributed by atoms with E-state index < -0.39 is 0 Å². The first-order valence-electron chi connectivity index (χ1n) is 7.04. The van der Waals surface area contributed by atoms with Gasteiger partial charge < -0.3 is 19.9 Å². The van der Waals surface area contributed by atoms with E-state index in [0.717, 1.165) is 65.1 Å². The Morgan fingerprint density at radius 1 is 1.44 bits per heavy atom. The number of likely N-dealkylation sites (tertiary alicyclic amines) is 1. The molecule has 0 aromatic rings. The number of nitrogens with one attached hydrogen (secondary N) is 1. The Hall–Kier alpha value is -0.650. The molecule has 2 rings (SSSR count). The van der Waals surface area contributed by atoms with Crippen molar-refractivity contribution in [2.24, 2.45) is 0 Å². The zero-order valence-corrected chi connectivity index (χ0v) is 11.4. The third-order valence-corrected chi connectivity index (χ3v) is 3.67. The normalized spacial score (nSPS) is 25.9. The topological polar surface area (TPSA) is 44.8 Å². The fraction of sp³-hybridized carbons (Fsp3) is 0.923. The van der Waals surface area contributed by atoms with Gasteiger partial charge in [-0.1, -0.05) is 0 Å². The number of hydrogen-bond acceptors (Lipinski definition) is 4. The lowest BCUT2D eigenvalue weighted by Gasteiger charge is -2.30. The molecule has 18 heavy (non-hydrogen) atoms. The van der Waals surface area contributed by atoms with E-state index >= 15 is 0 Å². The van der Waals surface area contributed by atoms with Gasteiger partial charge in [-0.2, -0.15) is 0 Å². The lowest BCUT2D eigenvalue weighted by atomic mass is 10.2. The molecular weight excluding hydrogens is 230 g/mol. The van der Waals surface area contributed by atoms with Gasteiger partial charge in [0.25, 0.3) is 0 Å². The second-order valence-electron chi connectivity index (χ2n) is 5.30. The molecule has 104 valence electrons. The molecular formula is C13H25N3O2. The van der Waals surface area contributed by atoms with Gasteiger partial charge in [-0.05, 0) is 26.4 Å². The van der Waals surface area contributed by atoms with Gasteiger partial charge in [-0.3, -0.25) is 4.79 Å². The summed E-state index contributed by atoms with van der Waals surface area (Å²) >= 11 is 0. The number of rotatable bonds is 6. The first kappa shape index (κ1) is 13.8. The fourth-order valence-corrected chi connectivity index (χ4v) is 2.59. The van der Waals surface area contributed by atoms with Crippen LogP contribution in [0.2, 0.25) is 0 Å². The van der Waals surface area contributed by atoms with Gasteiger partial charge in [0.1, 0.15) is 0 Å². The van der Waals surface area contributed by atoms with Crippen LogP contribution >= 0.6 is 0 Å². The van der Waals surface area contributed by atoms with E-state index in [-0.39, 0.29) is 0 Å². The third-order valence-electron chi connectivity index (χ3n) is 3.67. The van der Waals surface area contributed by atoms with Crippen molar-refractivity contribution in [1.29, 1.82) is 0 Å². The summed E-state index contributed by atoms with van der Waals surface area (Å²) in [5.41, 5.74) is 0. The van der Waals surface area contributed by atoms with E-state index in [4.69, 9.17) is 4.74 Å². The van der Waals surface area contributed by atoms with Crippen molar-refractivity contribution in [1.82, 2.24) is 15.1 Å². The van der Waals surface area contributed by atoms with Crippen molar-refractivity contribution >= 4 is 5.91 Å². The number of amides is 1. The van der Waals surface area contributed by atoms with Crippen LogP contribution in [0, 0.1) is 0 Å². The average Bonchev–Trinajstić information content (AvgIpc) is 2.75. The number of likely N-dealkylation sites (N-methyl/N-ethyl adjacent to an activating group) is 1. The molecule has 2 aliphatic heterocycles. The molecule has 1 N–H and O–H groups in total. The maximum absolute atomic E-state index is 11.4. The summed E-state index contributed by atoms with van der Waals surface area (Å²) < 4.78 is 5.68. The molecule has 1 atom stereocenters. The molecule has 0 aliphatic carbocycles. The largest absolute Gasteiger partial charge is 0.374 e. The van der Waals surface area contributed by atoms with Crippen molar-refractivity contribution in [2.45, 2.75) is 25.4 Å². The van der Waals surface area contributed by atoms with Crippen molar-refractivity contribution in [3.63, 3.8) is 0 Å². The highest BCUT2D eigenvalue weighted by molar-refractivity contribution is 5.77. The van der Waals surface area contributed by atoms with Crippen LogP contribution in [0.25, 0.3) is 0 Å². The van der Waals surface area contributed by atoms with Gasteiger partial charge in [0.15, 0.2) is 0 Å². The molecule has 0 spiro atoms. The summed E-state index contributed by atoms with van der Waals surface area (Å²) in [7, 11) is 2.13. The molecule has 2 heterocycles. The Bertz CT molecular complexity index is 273. The zero-order valence-electron chi connectivity index (χ0n) is 11.4. The van der Waals surface area contributed by atoms with Crippen molar-refractivity contribution in [3.05, 3.63) is 0 Å². The molecule has 0 aromatic carbocycles. The maximum atomic E-state index is 11.4. The van der Waals surface area contributed by atoms with Crippen LogP contribution in [-0.4, -0.2) is 74.7 Å². The number of carbonyl (C=O) groups excluding carboxylic acids is 1. The van der Waals surface area contributed by atoms with Crippen molar-refractivity contribution in [3.8, 4) is 0 Å². The quantitative estimate of drug-likeness (QED) is 0.674. The zero-order chi connectivity index (χ0) is 12.8. The van der Waals surface area contributed by atoms with E-state index in [1.54, 1.807) is 0 Å². The Morgan fingerprint density at radius 2 is 2.33 bits per heavy atom. The highest BCUT2D eigenvalue weighted by atomic mass is 16.5. The molecule has 2 aliphatic rings. The lowest BCUT2D eigenvalue weighted by Crippen LogP contribution is -2.45. The number of morpholine rings is 1. The molecule has 0 aromatic heterocycles. The van der Waals surface area contributed by atoms with Gasteiger partial charge in [0.05, 0.1) is 12.7 Å². The minimum atomic E-state index is 0.317. The Morgan fingerprint density at radius 3 is 3.06 bits per heavy atom. The molecule has 0 bridgehead atoms. The molecule has 5 heteroatoms. The number of nitrogens with zero attached hydrogens (tertiary/aromatic N) is 2. The molecule has 5 nitrogen and oxygen atoms in total. The van der Waals surface area contributed by atoms with E-state index in [2.05, 4.69) is 17.3 Å². The van der Waals surface area contributed by atoms with Crippen LogP contribution < -0.4 is 5.32 Å². The first-order chi connectivity index (χ1) is 8.75. The lowest BCUT2D eigenvalue weighted by molar-refractivity contribution is -0.127. The minimum absolute atomic E-state index is 0.317. The van der Waals surface area contributed by atoms with Crippen LogP contribution in [0.4, 0.5) is 0 Å².